The van der Waals surface area contributed by atoms with E-state index >= 15 is 0 Å². The van der Waals surface area contributed by atoms with Crippen molar-refractivity contribution >= 4 is 29.2 Å². The highest BCUT2D eigenvalue weighted by Crippen LogP contribution is 2.20. The largest absolute Gasteiger partial charge is 0.351 e. The van der Waals surface area contributed by atoms with Crippen molar-refractivity contribution in [2.24, 2.45) is 0 Å². The molecule has 0 aromatic heterocycles. The van der Waals surface area contributed by atoms with E-state index in [0.29, 0.717) is 50.0 Å². The molecule has 0 radical (unpaired) electrons. The van der Waals surface area contributed by atoms with Crippen LogP contribution in [0.4, 0.5) is 10.5 Å². The highest BCUT2D eigenvalue weighted by atomic mass is 35.5. The van der Waals surface area contributed by atoms with Gasteiger partial charge in [-0.05, 0) is 30.2 Å². The molecular formula is C21H25ClN4O2. The normalized spacial score (nSPS) is 14.6. The average Bonchev–Trinajstić information content (AvgIpc) is 2.70. The zero-order valence-electron chi connectivity index (χ0n) is 16.0. The standard InChI is InChI=1S/C21H25ClN4O2/c1-16-7-8-18(13-19(16)22)24-21(28)26-11-9-25(10-12-26)15-20(27)23-14-17-5-3-2-4-6-17/h2-8,13H,9-12,14-15H2,1H3,(H,23,27)(H,24,28). The molecule has 2 N–H and O–H groups in total. The number of amides is 3. The molecule has 3 rings (SSSR count). The van der Waals surface area contributed by atoms with Gasteiger partial charge in [-0.1, -0.05) is 48.0 Å². The van der Waals surface area contributed by atoms with Gasteiger partial charge in [0.25, 0.3) is 0 Å². The van der Waals surface area contributed by atoms with Crippen LogP contribution in [0.15, 0.2) is 48.5 Å². The minimum absolute atomic E-state index is 0.00366. The van der Waals surface area contributed by atoms with Crippen molar-refractivity contribution in [3.63, 3.8) is 0 Å². The monoisotopic (exact) mass is 400 g/mol. The fourth-order valence-corrected chi connectivity index (χ4v) is 3.22. The van der Waals surface area contributed by atoms with Crippen molar-refractivity contribution in [1.29, 1.82) is 0 Å². The Morgan fingerprint density at radius 3 is 2.43 bits per heavy atom. The maximum Gasteiger partial charge on any atom is 0.321 e. The molecule has 0 spiro atoms. The Morgan fingerprint density at radius 1 is 1.04 bits per heavy atom. The summed E-state index contributed by atoms with van der Waals surface area (Å²) in [5.74, 6) is -0.00366. The summed E-state index contributed by atoms with van der Waals surface area (Å²) in [6, 6.07) is 15.2. The molecule has 28 heavy (non-hydrogen) atoms. The van der Waals surface area contributed by atoms with Crippen molar-refractivity contribution in [2.75, 3.05) is 38.0 Å². The van der Waals surface area contributed by atoms with E-state index in [0.717, 1.165) is 11.1 Å². The topological polar surface area (TPSA) is 64.7 Å². The molecule has 0 atom stereocenters. The van der Waals surface area contributed by atoms with E-state index in [1.54, 1.807) is 11.0 Å². The summed E-state index contributed by atoms with van der Waals surface area (Å²) in [6.07, 6.45) is 0. The number of urea groups is 1. The number of halogens is 1. The third-order valence-electron chi connectivity index (χ3n) is 4.78. The van der Waals surface area contributed by atoms with Crippen LogP contribution in [0.1, 0.15) is 11.1 Å². The molecule has 0 bridgehead atoms. The lowest BCUT2D eigenvalue weighted by atomic mass is 10.2. The summed E-state index contributed by atoms with van der Waals surface area (Å²) in [5, 5.41) is 6.44. The summed E-state index contributed by atoms with van der Waals surface area (Å²) < 4.78 is 0. The fourth-order valence-electron chi connectivity index (χ4n) is 3.04. The first-order valence-corrected chi connectivity index (χ1v) is 9.74. The highest BCUT2D eigenvalue weighted by Gasteiger charge is 2.22. The second-order valence-electron chi connectivity index (χ2n) is 6.92. The van der Waals surface area contributed by atoms with Gasteiger partial charge >= 0.3 is 6.03 Å². The number of benzene rings is 2. The predicted molar refractivity (Wildman–Crippen MR) is 112 cm³/mol. The second-order valence-corrected chi connectivity index (χ2v) is 7.33. The Hall–Kier alpha value is -2.57. The van der Waals surface area contributed by atoms with Gasteiger partial charge in [-0.2, -0.15) is 0 Å². The van der Waals surface area contributed by atoms with Gasteiger partial charge in [0.1, 0.15) is 0 Å². The molecule has 3 amide bonds. The van der Waals surface area contributed by atoms with E-state index in [-0.39, 0.29) is 11.9 Å². The number of hydrogen-bond donors (Lipinski definition) is 2. The molecule has 0 aliphatic carbocycles. The van der Waals surface area contributed by atoms with Crippen LogP contribution in [-0.2, 0) is 11.3 Å². The van der Waals surface area contributed by atoms with Gasteiger partial charge in [-0.3, -0.25) is 9.69 Å². The van der Waals surface area contributed by atoms with E-state index in [2.05, 4.69) is 15.5 Å². The Kier molecular flexibility index (Phi) is 6.90. The maximum atomic E-state index is 12.4. The van der Waals surface area contributed by atoms with Gasteiger partial charge in [0.15, 0.2) is 0 Å². The number of rotatable bonds is 5. The van der Waals surface area contributed by atoms with Gasteiger partial charge < -0.3 is 15.5 Å². The van der Waals surface area contributed by atoms with Crippen LogP contribution in [0, 0.1) is 6.92 Å². The summed E-state index contributed by atoms with van der Waals surface area (Å²) in [6.45, 7) is 5.29. The fraction of sp³-hybridized carbons (Fsp3) is 0.333. The molecule has 2 aromatic rings. The van der Waals surface area contributed by atoms with E-state index in [9.17, 15) is 9.59 Å². The van der Waals surface area contributed by atoms with Crippen LogP contribution in [0.2, 0.25) is 5.02 Å². The van der Waals surface area contributed by atoms with Crippen LogP contribution < -0.4 is 10.6 Å². The van der Waals surface area contributed by atoms with Gasteiger partial charge in [0, 0.05) is 43.4 Å². The van der Waals surface area contributed by atoms with E-state index in [1.807, 2.05) is 49.4 Å². The minimum atomic E-state index is -0.145. The van der Waals surface area contributed by atoms with Crippen molar-refractivity contribution in [3.05, 3.63) is 64.7 Å². The molecule has 0 unspecified atom stereocenters. The zero-order chi connectivity index (χ0) is 19.9. The summed E-state index contributed by atoms with van der Waals surface area (Å²) in [4.78, 5) is 28.4. The number of carbonyl (C=O) groups excluding carboxylic acids is 2. The number of hydrogen-bond acceptors (Lipinski definition) is 3. The molecule has 1 aliphatic rings. The number of piperazine rings is 1. The van der Waals surface area contributed by atoms with Crippen LogP contribution in [0.3, 0.4) is 0 Å². The third-order valence-corrected chi connectivity index (χ3v) is 5.19. The molecule has 6 nitrogen and oxygen atoms in total. The predicted octanol–water partition coefficient (Wildman–Crippen LogP) is 3.11. The molecular weight excluding hydrogens is 376 g/mol. The number of carbonyl (C=O) groups is 2. The summed E-state index contributed by atoms with van der Waals surface area (Å²) in [5.41, 5.74) is 2.73. The molecule has 7 heteroatoms. The van der Waals surface area contributed by atoms with Crippen LogP contribution in [0.5, 0.6) is 0 Å². The van der Waals surface area contributed by atoms with Gasteiger partial charge in [0.2, 0.25) is 5.91 Å². The Balaban J connectivity index is 1.40. The first kappa shape index (κ1) is 20.2. The van der Waals surface area contributed by atoms with Crippen molar-refractivity contribution in [3.8, 4) is 0 Å². The van der Waals surface area contributed by atoms with Crippen molar-refractivity contribution in [2.45, 2.75) is 13.5 Å². The molecule has 2 aromatic carbocycles. The second kappa shape index (κ2) is 9.57. The maximum absolute atomic E-state index is 12.4. The minimum Gasteiger partial charge on any atom is -0.351 e. The lowest BCUT2D eigenvalue weighted by Gasteiger charge is -2.34. The number of anilines is 1. The quantitative estimate of drug-likeness (QED) is 0.810. The van der Waals surface area contributed by atoms with Crippen LogP contribution >= 0.6 is 11.6 Å². The first-order valence-electron chi connectivity index (χ1n) is 9.36. The van der Waals surface area contributed by atoms with E-state index < -0.39 is 0 Å². The number of aryl methyl sites for hydroxylation is 1. The smallest absolute Gasteiger partial charge is 0.321 e. The first-order chi connectivity index (χ1) is 13.5. The third kappa shape index (κ3) is 5.71. The Bertz CT molecular complexity index is 820. The van der Waals surface area contributed by atoms with Crippen LogP contribution in [-0.4, -0.2) is 54.5 Å². The Labute approximate surface area is 170 Å². The zero-order valence-corrected chi connectivity index (χ0v) is 16.7. The number of nitrogens with zero attached hydrogens (tertiary/aromatic N) is 2. The van der Waals surface area contributed by atoms with Gasteiger partial charge in [-0.25, -0.2) is 4.79 Å². The lowest BCUT2D eigenvalue weighted by molar-refractivity contribution is -0.122. The van der Waals surface area contributed by atoms with Gasteiger partial charge in [0.05, 0.1) is 6.54 Å². The molecule has 1 aliphatic heterocycles. The SMILES string of the molecule is Cc1ccc(NC(=O)N2CCN(CC(=O)NCc3ccccc3)CC2)cc1Cl. The van der Waals surface area contributed by atoms with Crippen LogP contribution in [0.25, 0.3) is 0 Å². The Morgan fingerprint density at radius 2 is 1.75 bits per heavy atom. The molecule has 0 saturated carbocycles. The van der Waals surface area contributed by atoms with Crippen molar-refractivity contribution in [1.82, 2.24) is 15.1 Å². The van der Waals surface area contributed by atoms with E-state index in [4.69, 9.17) is 11.6 Å². The molecule has 1 fully saturated rings. The van der Waals surface area contributed by atoms with E-state index in [1.165, 1.54) is 0 Å². The van der Waals surface area contributed by atoms with Gasteiger partial charge in [-0.15, -0.1) is 0 Å². The average molecular weight is 401 g/mol. The lowest BCUT2D eigenvalue weighted by Crippen LogP contribution is -2.52. The highest BCUT2D eigenvalue weighted by molar-refractivity contribution is 6.31. The molecule has 1 saturated heterocycles. The molecule has 148 valence electrons. The number of nitrogens with one attached hydrogen (secondary N) is 2. The summed E-state index contributed by atoms with van der Waals surface area (Å²) >= 11 is 6.11. The summed E-state index contributed by atoms with van der Waals surface area (Å²) in [7, 11) is 0. The molecule has 1 heterocycles. The van der Waals surface area contributed by atoms with Crippen molar-refractivity contribution < 1.29 is 9.59 Å².